The zero-order valence-corrected chi connectivity index (χ0v) is 12.1. The SMILES string of the molecule is CN(C(=O)C1CCN(C(=O)C(F)(F)F)CC1)c1nccs1. The summed E-state index contributed by atoms with van der Waals surface area (Å²) < 4.78 is 37.0. The summed E-state index contributed by atoms with van der Waals surface area (Å²) in [6, 6.07) is 0. The van der Waals surface area contributed by atoms with E-state index in [0.717, 1.165) is 4.90 Å². The number of anilines is 1. The van der Waals surface area contributed by atoms with Crippen molar-refractivity contribution in [1.82, 2.24) is 9.88 Å². The molecule has 0 radical (unpaired) electrons. The van der Waals surface area contributed by atoms with Crippen molar-refractivity contribution in [2.75, 3.05) is 25.0 Å². The predicted molar refractivity (Wildman–Crippen MR) is 70.9 cm³/mol. The van der Waals surface area contributed by atoms with E-state index in [-0.39, 0.29) is 37.8 Å². The number of hydrogen-bond donors (Lipinski definition) is 0. The van der Waals surface area contributed by atoms with E-state index >= 15 is 0 Å². The first-order valence-electron chi connectivity index (χ1n) is 6.34. The molecule has 0 N–H and O–H groups in total. The fourth-order valence-corrected chi connectivity index (χ4v) is 2.87. The molecule has 0 atom stereocenters. The van der Waals surface area contributed by atoms with Crippen LogP contribution in [0.4, 0.5) is 18.3 Å². The molecule has 0 aromatic carbocycles. The molecule has 2 rings (SSSR count). The van der Waals surface area contributed by atoms with Gasteiger partial charge < -0.3 is 4.90 Å². The highest BCUT2D eigenvalue weighted by molar-refractivity contribution is 7.13. The van der Waals surface area contributed by atoms with Gasteiger partial charge in [0.2, 0.25) is 5.91 Å². The Labute approximate surface area is 123 Å². The number of thiazole rings is 1. The number of nitrogens with zero attached hydrogens (tertiary/aromatic N) is 3. The molecule has 1 aliphatic heterocycles. The monoisotopic (exact) mass is 321 g/mol. The second-order valence-corrected chi connectivity index (χ2v) is 5.65. The topological polar surface area (TPSA) is 53.5 Å². The molecule has 0 aliphatic carbocycles. The molecular weight excluding hydrogens is 307 g/mol. The molecule has 116 valence electrons. The maximum Gasteiger partial charge on any atom is 0.471 e. The number of amides is 2. The van der Waals surface area contributed by atoms with Crippen LogP contribution in [-0.4, -0.2) is 48.0 Å². The van der Waals surface area contributed by atoms with E-state index in [9.17, 15) is 22.8 Å². The fraction of sp³-hybridized carbons (Fsp3) is 0.583. The molecule has 1 aromatic rings. The summed E-state index contributed by atoms with van der Waals surface area (Å²) in [7, 11) is 1.59. The molecule has 1 aromatic heterocycles. The van der Waals surface area contributed by atoms with Crippen LogP contribution in [-0.2, 0) is 9.59 Å². The van der Waals surface area contributed by atoms with E-state index in [1.54, 1.807) is 18.6 Å². The minimum absolute atomic E-state index is 0.0551. The third-order valence-corrected chi connectivity index (χ3v) is 4.26. The van der Waals surface area contributed by atoms with Gasteiger partial charge in [-0.05, 0) is 12.8 Å². The van der Waals surface area contributed by atoms with Crippen molar-refractivity contribution in [3.05, 3.63) is 11.6 Å². The highest BCUT2D eigenvalue weighted by Gasteiger charge is 2.44. The summed E-state index contributed by atoms with van der Waals surface area (Å²) in [6.07, 6.45) is -2.81. The van der Waals surface area contributed by atoms with Gasteiger partial charge in [-0.25, -0.2) is 4.98 Å². The number of rotatable bonds is 2. The molecule has 1 fully saturated rings. The minimum atomic E-state index is -4.85. The van der Waals surface area contributed by atoms with Crippen LogP contribution in [0.3, 0.4) is 0 Å². The van der Waals surface area contributed by atoms with Gasteiger partial charge in [-0.2, -0.15) is 13.2 Å². The lowest BCUT2D eigenvalue weighted by molar-refractivity contribution is -0.186. The van der Waals surface area contributed by atoms with Crippen LogP contribution in [0.1, 0.15) is 12.8 Å². The largest absolute Gasteiger partial charge is 0.471 e. The number of likely N-dealkylation sites (tertiary alicyclic amines) is 1. The highest BCUT2D eigenvalue weighted by atomic mass is 32.1. The van der Waals surface area contributed by atoms with Crippen molar-refractivity contribution in [2.45, 2.75) is 19.0 Å². The Morgan fingerprint density at radius 1 is 1.38 bits per heavy atom. The molecule has 1 saturated heterocycles. The molecule has 9 heteroatoms. The quantitative estimate of drug-likeness (QED) is 0.836. The second kappa shape index (κ2) is 6.00. The number of hydrogen-bond acceptors (Lipinski definition) is 4. The van der Waals surface area contributed by atoms with Gasteiger partial charge in [-0.3, -0.25) is 14.5 Å². The molecule has 2 heterocycles. The number of alkyl halides is 3. The minimum Gasteiger partial charge on any atom is -0.335 e. The third-order valence-electron chi connectivity index (χ3n) is 3.41. The normalized spacial score (nSPS) is 16.9. The first kappa shape index (κ1) is 15.7. The standard InChI is InChI=1S/C12H14F3N3O2S/c1-17(11-16-4-7-21-11)9(19)8-2-5-18(6-3-8)10(20)12(13,14)15/h4,7-8H,2-3,5-6H2,1H3. The number of aromatic nitrogens is 1. The number of piperidine rings is 1. The van der Waals surface area contributed by atoms with Gasteiger partial charge in [-0.1, -0.05) is 0 Å². The zero-order valence-electron chi connectivity index (χ0n) is 11.3. The van der Waals surface area contributed by atoms with E-state index in [2.05, 4.69) is 4.98 Å². The summed E-state index contributed by atoms with van der Waals surface area (Å²) in [6.45, 7) is -0.110. The van der Waals surface area contributed by atoms with Crippen LogP contribution in [0.15, 0.2) is 11.6 Å². The Hall–Kier alpha value is -1.64. The van der Waals surface area contributed by atoms with Gasteiger partial charge in [0.25, 0.3) is 0 Å². The molecule has 1 aliphatic rings. The van der Waals surface area contributed by atoms with Crippen LogP contribution < -0.4 is 4.90 Å². The van der Waals surface area contributed by atoms with Gasteiger partial charge in [0.15, 0.2) is 5.13 Å². The maximum absolute atomic E-state index is 12.3. The average molecular weight is 321 g/mol. The van der Waals surface area contributed by atoms with Crippen molar-refractivity contribution in [3.8, 4) is 0 Å². The molecule has 0 saturated carbocycles. The third kappa shape index (κ3) is 3.52. The smallest absolute Gasteiger partial charge is 0.335 e. The Morgan fingerprint density at radius 2 is 2.00 bits per heavy atom. The van der Waals surface area contributed by atoms with E-state index in [4.69, 9.17) is 0 Å². The maximum atomic E-state index is 12.3. The first-order valence-corrected chi connectivity index (χ1v) is 7.22. The fourth-order valence-electron chi connectivity index (χ4n) is 2.26. The number of carbonyl (C=O) groups is 2. The van der Waals surface area contributed by atoms with E-state index in [0.29, 0.717) is 5.13 Å². The summed E-state index contributed by atoms with van der Waals surface area (Å²) in [5, 5.41) is 2.29. The van der Waals surface area contributed by atoms with Crippen molar-refractivity contribution in [2.24, 2.45) is 5.92 Å². The van der Waals surface area contributed by atoms with Gasteiger partial charge in [0.1, 0.15) is 0 Å². The van der Waals surface area contributed by atoms with Gasteiger partial charge in [-0.15, -0.1) is 11.3 Å². The van der Waals surface area contributed by atoms with Crippen LogP contribution in [0.2, 0.25) is 0 Å². The molecule has 5 nitrogen and oxygen atoms in total. The molecular formula is C12H14F3N3O2S. The lowest BCUT2D eigenvalue weighted by Gasteiger charge is -2.32. The molecule has 0 spiro atoms. The molecule has 0 bridgehead atoms. The van der Waals surface area contributed by atoms with Gasteiger partial charge >= 0.3 is 12.1 Å². The van der Waals surface area contributed by atoms with Crippen LogP contribution in [0.5, 0.6) is 0 Å². The van der Waals surface area contributed by atoms with Gasteiger partial charge in [0.05, 0.1) is 0 Å². The summed E-state index contributed by atoms with van der Waals surface area (Å²) in [5.41, 5.74) is 0. The molecule has 2 amide bonds. The van der Waals surface area contributed by atoms with Crippen molar-refractivity contribution >= 4 is 28.3 Å². The summed E-state index contributed by atoms with van der Waals surface area (Å²) >= 11 is 1.31. The van der Waals surface area contributed by atoms with Crippen LogP contribution in [0.25, 0.3) is 0 Å². The lowest BCUT2D eigenvalue weighted by Crippen LogP contribution is -2.47. The van der Waals surface area contributed by atoms with Crippen molar-refractivity contribution in [3.63, 3.8) is 0 Å². The van der Waals surface area contributed by atoms with E-state index in [1.807, 2.05) is 0 Å². The number of carbonyl (C=O) groups excluding carboxylic acids is 2. The highest BCUT2D eigenvalue weighted by Crippen LogP contribution is 2.26. The van der Waals surface area contributed by atoms with E-state index < -0.39 is 12.1 Å². The average Bonchev–Trinajstić information content (AvgIpc) is 2.98. The lowest BCUT2D eigenvalue weighted by atomic mass is 9.95. The first-order chi connectivity index (χ1) is 9.80. The van der Waals surface area contributed by atoms with Crippen LogP contribution in [0, 0.1) is 5.92 Å². The molecule has 0 unspecified atom stereocenters. The molecule has 21 heavy (non-hydrogen) atoms. The Kier molecular flexibility index (Phi) is 4.50. The second-order valence-electron chi connectivity index (χ2n) is 4.78. The van der Waals surface area contributed by atoms with Crippen molar-refractivity contribution < 1.29 is 22.8 Å². The van der Waals surface area contributed by atoms with E-state index in [1.165, 1.54) is 16.2 Å². The van der Waals surface area contributed by atoms with Crippen molar-refractivity contribution in [1.29, 1.82) is 0 Å². The zero-order chi connectivity index (χ0) is 15.6. The summed E-state index contributed by atoms with van der Waals surface area (Å²) in [5.74, 6) is -2.39. The Morgan fingerprint density at radius 3 is 2.48 bits per heavy atom. The predicted octanol–water partition coefficient (Wildman–Crippen LogP) is 1.91. The van der Waals surface area contributed by atoms with Gasteiger partial charge in [0, 0.05) is 37.6 Å². The summed E-state index contributed by atoms with van der Waals surface area (Å²) in [4.78, 5) is 29.5. The Bertz CT molecular complexity index is 510. The number of halogens is 3. The Balaban J connectivity index is 1.92. The van der Waals surface area contributed by atoms with Crippen LogP contribution >= 0.6 is 11.3 Å².